The molecule has 1 atom stereocenters. The fourth-order valence-corrected chi connectivity index (χ4v) is 3.65. The number of esters is 1. The van der Waals surface area contributed by atoms with E-state index in [-0.39, 0.29) is 24.5 Å². The molecule has 0 saturated heterocycles. The largest absolute Gasteiger partial charge is 0.457 e. The molecule has 0 fully saturated rings. The van der Waals surface area contributed by atoms with E-state index in [9.17, 15) is 9.59 Å². The molecule has 2 aromatic carbocycles. The molecule has 3 heterocycles. The van der Waals surface area contributed by atoms with Gasteiger partial charge in [0.2, 0.25) is 0 Å². The van der Waals surface area contributed by atoms with E-state index in [0.717, 1.165) is 16.6 Å². The molecule has 160 valence electrons. The maximum absolute atomic E-state index is 12.7. The lowest BCUT2D eigenvalue weighted by atomic mass is 10.0. The van der Waals surface area contributed by atoms with E-state index in [0.29, 0.717) is 28.3 Å². The highest BCUT2D eigenvalue weighted by atomic mass is 16.5. The Morgan fingerprint density at radius 1 is 1.19 bits per heavy atom. The van der Waals surface area contributed by atoms with Gasteiger partial charge in [0.05, 0.1) is 24.0 Å². The van der Waals surface area contributed by atoms with Crippen LogP contribution in [0.15, 0.2) is 54.9 Å². The molecule has 1 aliphatic rings. The summed E-state index contributed by atoms with van der Waals surface area (Å²) in [6.07, 6.45) is 3.35. The molecule has 2 aromatic heterocycles. The van der Waals surface area contributed by atoms with Crippen LogP contribution in [0.4, 0.5) is 11.5 Å². The molecule has 9 heteroatoms. The van der Waals surface area contributed by atoms with Gasteiger partial charge in [-0.05, 0) is 42.8 Å². The first kappa shape index (κ1) is 19.7. The quantitative estimate of drug-likeness (QED) is 0.468. The van der Waals surface area contributed by atoms with E-state index < -0.39 is 0 Å². The van der Waals surface area contributed by atoms with Crippen LogP contribution in [0.5, 0.6) is 0 Å². The number of nitrogens with one attached hydrogen (secondary N) is 2. The summed E-state index contributed by atoms with van der Waals surface area (Å²) < 4.78 is 6.68. The predicted molar refractivity (Wildman–Crippen MR) is 118 cm³/mol. The van der Waals surface area contributed by atoms with Gasteiger partial charge in [-0.3, -0.25) is 4.79 Å². The van der Waals surface area contributed by atoms with E-state index in [2.05, 4.69) is 25.7 Å². The summed E-state index contributed by atoms with van der Waals surface area (Å²) in [4.78, 5) is 33.3. The van der Waals surface area contributed by atoms with Gasteiger partial charge in [0.1, 0.15) is 17.9 Å². The number of aromatic nitrogens is 4. The smallest absolute Gasteiger partial charge is 0.338 e. The number of benzene rings is 2. The average molecular weight is 428 g/mol. The number of carbonyl (C=O) groups excluding carboxylic acids is 2. The van der Waals surface area contributed by atoms with Gasteiger partial charge >= 0.3 is 5.97 Å². The van der Waals surface area contributed by atoms with Crippen LogP contribution in [0, 0.1) is 0 Å². The van der Waals surface area contributed by atoms with Crippen molar-refractivity contribution in [2.75, 3.05) is 10.6 Å². The van der Waals surface area contributed by atoms with Crippen molar-refractivity contribution in [3.8, 4) is 0 Å². The summed E-state index contributed by atoms with van der Waals surface area (Å²) in [5.74, 6) is 0.0313. The Morgan fingerprint density at radius 2 is 2.06 bits per heavy atom. The van der Waals surface area contributed by atoms with Gasteiger partial charge < -0.3 is 15.4 Å². The lowest BCUT2D eigenvalue weighted by Gasteiger charge is -2.16. The Labute approximate surface area is 183 Å². The van der Waals surface area contributed by atoms with E-state index in [4.69, 9.17) is 4.74 Å². The SMILES string of the molecule is C[C@H](Nc1cnc2cnn(C)c2n1)c1cccc(NC(=O)c2ccc3c(c2)COC3=O)c1. The standard InChI is InChI=1S/C23H20N6O3/c1-13(26-20-11-24-19-10-25-29(2)21(19)28-20)14-4-3-5-17(9-14)27-22(30)15-6-7-18-16(8-15)12-32-23(18)31/h3-11,13H,12H2,1-2H3,(H,26,28)(H,27,30)/t13-/m0/s1. The monoisotopic (exact) mass is 428 g/mol. The van der Waals surface area contributed by atoms with Gasteiger partial charge in [-0.25, -0.2) is 19.4 Å². The Hall–Kier alpha value is -4.27. The van der Waals surface area contributed by atoms with Crippen molar-refractivity contribution < 1.29 is 14.3 Å². The second-order valence-electron chi connectivity index (χ2n) is 7.63. The van der Waals surface area contributed by atoms with Gasteiger partial charge in [-0.2, -0.15) is 5.10 Å². The number of hydrogen-bond donors (Lipinski definition) is 2. The predicted octanol–water partition coefficient (Wildman–Crippen LogP) is 3.46. The van der Waals surface area contributed by atoms with E-state index >= 15 is 0 Å². The molecule has 4 aromatic rings. The molecule has 1 amide bonds. The van der Waals surface area contributed by atoms with Crippen molar-refractivity contribution in [2.24, 2.45) is 7.05 Å². The van der Waals surface area contributed by atoms with Crippen LogP contribution in [-0.4, -0.2) is 31.6 Å². The first-order valence-corrected chi connectivity index (χ1v) is 10.1. The fraction of sp³-hybridized carbons (Fsp3) is 0.174. The lowest BCUT2D eigenvalue weighted by Crippen LogP contribution is -2.13. The number of ether oxygens (including phenoxy) is 1. The number of anilines is 2. The zero-order valence-electron chi connectivity index (χ0n) is 17.5. The highest BCUT2D eigenvalue weighted by molar-refractivity contribution is 6.05. The van der Waals surface area contributed by atoms with Gasteiger partial charge in [0.25, 0.3) is 5.91 Å². The van der Waals surface area contributed by atoms with Crippen LogP contribution < -0.4 is 10.6 Å². The zero-order chi connectivity index (χ0) is 22.2. The number of aryl methyl sites for hydroxylation is 1. The Bertz CT molecular complexity index is 1360. The summed E-state index contributed by atoms with van der Waals surface area (Å²) >= 11 is 0. The van der Waals surface area contributed by atoms with E-state index in [1.165, 1.54) is 0 Å². The second kappa shape index (κ2) is 7.77. The van der Waals surface area contributed by atoms with Crippen LogP contribution in [0.2, 0.25) is 0 Å². The van der Waals surface area contributed by atoms with E-state index in [1.807, 2.05) is 38.2 Å². The minimum Gasteiger partial charge on any atom is -0.457 e. The molecular weight excluding hydrogens is 408 g/mol. The van der Waals surface area contributed by atoms with Crippen LogP contribution in [0.1, 0.15) is 44.8 Å². The summed E-state index contributed by atoms with van der Waals surface area (Å²) in [6, 6.07) is 12.5. The first-order chi connectivity index (χ1) is 15.5. The third-order valence-electron chi connectivity index (χ3n) is 5.40. The topological polar surface area (TPSA) is 111 Å². The second-order valence-corrected chi connectivity index (χ2v) is 7.63. The fourth-order valence-electron chi connectivity index (χ4n) is 3.65. The maximum atomic E-state index is 12.7. The Balaban J connectivity index is 1.31. The number of rotatable bonds is 5. The van der Waals surface area contributed by atoms with Crippen LogP contribution in [-0.2, 0) is 18.4 Å². The summed E-state index contributed by atoms with van der Waals surface area (Å²) in [6.45, 7) is 2.20. The molecule has 0 bridgehead atoms. The van der Waals surface area contributed by atoms with Crippen molar-refractivity contribution in [3.05, 3.63) is 77.1 Å². The Kier molecular flexibility index (Phi) is 4.78. The van der Waals surface area contributed by atoms with Crippen molar-refractivity contribution in [3.63, 3.8) is 0 Å². The molecule has 2 N–H and O–H groups in total. The third kappa shape index (κ3) is 3.64. The number of hydrogen-bond acceptors (Lipinski definition) is 7. The van der Waals surface area contributed by atoms with Gasteiger partial charge in [-0.15, -0.1) is 0 Å². The summed E-state index contributed by atoms with van der Waals surface area (Å²) in [5.41, 5.74) is 4.78. The van der Waals surface area contributed by atoms with Gasteiger partial charge in [0, 0.05) is 23.9 Å². The van der Waals surface area contributed by atoms with Crippen LogP contribution >= 0.6 is 0 Å². The molecule has 5 rings (SSSR count). The number of fused-ring (bicyclic) bond motifs is 2. The van der Waals surface area contributed by atoms with Crippen LogP contribution in [0.25, 0.3) is 11.2 Å². The number of nitrogens with zero attached hydrogens (tertiary/aromatic N) is 4. The molecule has 9 nitrogen and oxygen atoms in total. The molecule has 0 aliphatic carbocycles. The average Bonchev–Trinajstić information content (AvgIpc) is 3.36. The molecule has 0 unspecified atom stereocenters. The van der Waals surface area contributed by atoms with Gasteiger partial charge in [-0.1, -0.05) is 12.1 Å². The number of carbonyl (C=O) groups is 2. The highest BCUT2D eigenvalue weighted by Crippen LogP contribution is 2.24. The molecule has 32 heavy (non-hydrogen) atoms. The third-order valence-corrected chi connectivity index (χ3v) is 5.40. The maximum Gasteiger partial charge on any atom is 0.338 e. The first-order valence-electron chi connectivity index (χ1n) is 10.1. The Morgan fingerprint density at radius 3 is 2.94 bits per heavy atom. The van der Waals surface area contributed by atoms with E-state index in [1.54, 1.807) is 35.3 Å². The molecule has 1 aliphatic heterocycles. The van der Waals surface area contributed by atoms with Crippen molar-refractivity contribution in [1.29, 1.82) is 0 Å². The minimum atomic E-state index is -0.353. The normalized spacial score (nSPS) is 13.5. The molecule has 0 radical (unpaired) electrons. The van der Waals surface area contributed by atoms with Crippen molar-refractivity contribution in [2.45, 2.75) is 19.6 Å². The van der Waals surface area contributed by atoms with Crippen molar-refractivity contribution >= 4 is 34.5 Å². The number of cyclic esters (lactones) is 1. The summed E-state index contributed by atoms with van der Waals surface area (Å²) in [7, 11) is 1.82. The van der Waals surface area contributed by atoms with Crippen molar-refractivity contribution in [1.82, 2.24) is 19.7 Å². The molecule has 0 saturated carbocycles. The molecular formula is C23H20N6O3. The highest BCUT2D eigenvalue weighted by Gasteiger charge is 2.22. The molecule has 0 spiro atoms. The summed E-state index contributed by atoms with van der Waals surface area (Å²) in [5, 5.41) is 10.4. The lowest BCUT2D eigenvalue weighted by molar-refractivity contribution is 0.0535. The minimum absolute atomic E-state index is 0.0741. The zero-order valence-corrected chi connectivity index (χ0v) is 17.5. The van der Waals surface area contributed by atoms with Crippen LogP contribution in [0.3, 0.4) is 0 Å². The number of amides is 1. The van der Waals surface area contributed by atoms with Gasteiger partial charge in [0.15, 0.2) is 5.65 Å².